The molecule has 0 saturated carbocycles. The van der Waals surface area contributed by atoms with Crippen molar-refractivity contribution < 1.29 is 0 Å². The van der Waals surface area contributed by atoms with Crippen LogP contribution >= 0.6 is 0 Å². The Kier molecular flexibility index (Phi) is 0.988. The molecule has 0 aliphatic heterocycles. The van der Waals surface area contributed by atoms with Crippen molar-refractivity contribution in [2.45, 2.75) is 0 Å². The minimum Gasteiger partial charge on any atom is -0.193 e. The summed E-state index contributed by atoms with van der Waals surface area (Å²) >= 11 is 0. The zero-order chi connectivity index (χ0) is 8.13. The minimum atomic E-state index is 0.431. The molecule has 1 heteroatoms. The quantitative estimate of drug-likeness (QED) is 0.491. The van der Waals surface area contributed by atoms with E-state index < -0.39 is 0 Å². The van der Waals surface area contributed by atoms with Gasteiger partial charge in [-0.05, 0) is 11.8 Å². The van der Waals surface area contributed by atoms with Crippen molar-refractivity contribution in [3.63, 3.8) is 0 Å². The fourth-order valence-electron chi connectivity index (χ4n) is 2.73. The molecule has 12 heavy (non-hydrogen) atoms. The SMILES string of the molecule is N#CC1=C[C@@H]2C=C[C@@H]3C=C[C@H]1[C@@H]32. The molecule has 58 valence electrons. The van der Waals surface area contributed by atoms with Gasteiger partial charge in [-0.15, -0.1) is 0 Å². The average Bonchev–Trinajstić information content (AvgIpc) is 2.72. The predicted molar refractivity (Wildman–Crippen MR) is 45.9 cm³/mol. The summed E-state index contributed by atoms with van der Waals surface area (Å²) in [5.41, 5.74) is 0.980. The first kappa shape index (κ1) is 6.25. The van der Waals surface area contributed by atoms with E-state index in [9.17, 15) is 0 Å². The highest BCUT2D eigenvalue weighted by Gasteiger charge is 2.44. The summed E-state index contributed by atoms with van der Waals surface area (Å²) < 4.78 is 0. The van der Waals surface area contributed by atoms with Crippen LogP contribution in [0.3, 0.4) is 0 Å². The van der Waals surface area contributed by atoms with E-state index in [0.717, 1.165) is 5.57 Å². The third-order valence-corrected chi connectivity index (χ3v) is 3.26. The van der Waals surface area contributed by atoms with E-state index in [1.54, 1.807) is 0 Å². The van der Waals surface area contributed by atoms with Gasteiger partial charge in [-0.25, -0.2) is 0 Å². The van der Waals surface area contributed by atoms with E-state index in [-0.39, 0.29) is 0 Å². The number of rotatable bonds is 0. The molecular formula is C11H9N. The van der Waals surface area contributed by atoms with Gasteiger partial charge in [0.05, 0.1) is 6.07 Å². The molecule has 3 aliphatic rings. The Morgan fingerprint density at radius 3 is 2.67 bits per heavy atom. The van der Waals surface area contributed by atoms with Crippen LogP contribution in [0, 0.1) is 35.0 Å². The lowest BCUT2D eigenvalue weighted by atomic mass is 9.87. The number of hydrogen-bond donors (Lipinski definition) is 0. The number of allylic oxidation sites excluding steroid dienone is 6. The molecule has 0 aromatic carbocycles. The zero-order valence-electron chi connectivity index (χ0n) is 6.64. The molecule has 0 N–H and O–H groups in total. The summed E-state index contributed by atoms with van der Waals surface area (Å²) in [6.07, 6.45) is 11.1. The molecule has 0 fully saturated rings. The maximum Gasteiger partial charge on any atom is 0.0950 e. The Morgan fingerprint density at radius 1 is 1.08 bits per heavy atom. The molecule has 1 nitrogen and oxygen atoms in total. The predicted octanol–water partition coefficient (Wildman–Crippen LogP) is 2.05. The monoisotopic (exact) mass is 155 g/mol. The molecule has 0 aromatic rings. The van der Waals surface area contributed by atoms with Gasteiger partial charge in [-0.2, -0.15) is 5.26 Å². The molecule has 0 spiro atoms. The highest BCUT2D eigenvalue weighted by atomic mass is 14.5. The molecule has 0 unspecified atom stereocenters. The fourth-order valence-corrected chi connectivity index (χ4v) is 2.73. The first-order chi connectivity index (χ1) is 5.90. The van der Waals surface area contributed by atoms with Gasteiger partial charge in [0.15, 0.2) is 0 Å². The van der Waals surface area contributed by atoms with Crippen LogP contribution in [0.25, 0.3) is 0 Å². The van der Waals surface area contributed by atoms with Crippen LogP contribution in [0.15, 0.2) is 36.0 Å². The Balaban J connectivity index is 2.12. The maximum absolute atomic E-state index is 8.86. The van der Waals surface area contributed by atoms with Gasteiger partial charge in [-0.1, -0.05) is 30.4 Å². The van der Waals surface area contributed by atoms with E-state index in [1.807, 2.05) is 0 Å². The topological polar surface area (TPSA) is 23.8 Å². The van der Waals surface area contributed by atoms with Crippen LogP contribution in [-0.2, 0) is 0 Å². The molecule has 4 atom stereocenters. The Morgan fingerprint density at radius 2 is 1.83 bits per heavy atom. The lowest BCUT2D eigenvalue weighted by molar-refractivity contribution is 0.415. The standard InChI is InChI=1S/C11H9N/c12-6-9-5-8-2-1-7-3-4-10(9)11(7)8/h1-5,7-8,10-11H/t7-,8+,10-,11+/m1/s1. The van der Waals surface area contributed by atoms with Crippen molar-refractivity contribution in [2.75, 3.05) is 0 Å². The van der Waals surface area contributed by atoms with E-state index >= 15 is 0 Å². The van der Waals surface area contributed by atoms with Gasteiger partial charge in [0.2, 0.25) is 0 Å². The van der Waals surface area contributed by atoms with Crippen molar-refractivity contribution in [3.8, 4) is 6.07 Å². The highest BCUT2D eigenvalue weighted by Crippen LogP contribution is 2.50. The van der Waals surface area contributed by atoms with Crippen LogP contribution in [0.5, 0.6) is 0 Å². The molecule has 0 heterocycles. The van der Waals surface area contributed by atoms with E-state index in [0.29, 0.717) is 23.7 Å². The van der Waals surface area contributed by atoms with Crippen LogP contribution in [0.4, 0.5) is 0 Å². The van der Waals surface area contributed by atoms with E-state index in [1.165, 1.54) is 0 Å². The largest absolute Gasteiger partial charge is 0.193 e. The first-order valence-electron chi connectivity index (χ1n) is 4.38. The highest BCUT2D eigenvalue weighted by molar-refractivity contribution is 5.43. The fraction of sp³-hybridized carbons (Fsp3) is 0.364. The minimum absolute atomic E-state index is 0.431. The molecule has 3 aliphatic carbocycles. The molecule has 0 radical (unpaired) electrons. The van der Waals surface area contributed by atoms with Gasteiger partial charge in [-0.3, -0.25) is 0 Å². The summed E-state index contributed by atoms with van der Waals surface area (Å²) in [5, 5.41) is 8.86. The summed E-state index contributed by atoms with van der Waals surface area (Å²) in [7, 11) is 0. The second-order valence-corrected chi connectivity index (χ2v) is 3.76. The van der Waals surface area contributed by atoms with Crippen LogP contribution in [0.1, 0.15) is 0 Å². The Labute approximate surface area is 71.7 Å². The van der Waals surface area contributed by atoms with Crippen LogP contribution < -0.4 is 0 Å². The smallest absolute Gasteiger partial charge is 0.0950 e. The summed E-state index contributed by atoms with van der Waals surface area (Å²) in [6.45, 7) is 0. The number of nitriles is 1. The van der Waals surface area contributed by atoms with Gasteiger partial charge in [0.25, 0.3) is 0 Å². The van der Waals surface area contributed by atoms with Crippen molar-refractivity contribution in [3.05, 3.63) is 36.0 Å². The van der Waals surface area contributed by atoms with E-state index in [2.05, 4.69) is 36.4 Å². The Bertz CT molecular complexity index is 354. The lowest BCUT2D eigenvalue weighted by Crippen LogP contribution is -2.12. The maximum atomic E-state index is 8.86. The van der Waals surface area contributed by atoms with Crippen molar-refractivity contribution in [1.82, 2.24) is 0 Å². The van der Waals surface area contributed by atoms with Crippen LogP contribution in [-0.4, -0.2) is 0 Å². The second kappa shape index (κ2) is 1.90. The third-order valence-electron chi connectivity index (χ3n) is 3.26. The lowest BCUT2D eigenvalue weighted by Gasteiger charge is -2.14. The Hall–Kier alpha value is -1.29. The molecule has 0 bridgehead atoms. The molecule has 3 rings (SSSR count). The van der Waals surface area contributed by atoms with Crippen molar-refractivity contribution in [1.29, 1.82) is 5.26 Å². The molecule has 0 saturated heterocycles. The number of hydrogen-bond acceptors (Lipinski definition) is 1. The van der Waals surface area contributed by atoms with E-state index in [4.69, 9.17) is 5.26 Å². The zero-order valence-corrected chi connectivity index (χ0v) is 6.64. The normalized spacial score (nSPS) is 46.1. The third kappa shape index (κ3) is 0.549. The summed E-state index contributed by atoms with van der Waals surface area (Å²) in [4.78, 5) is 0. The molecular weight excluding hydrogens is 146 g/mol. The summed E-state index contributed by atoms with van der Waals surface area (Å²) in [5.74, 6) is 2.26. The van der Waals surface area contributed by atoms with Gasteiger partial charge >= 0.3 is 0 Å². The number of nitrogens with zero attached hydrogens (tertiary/aromatic N) is 1. The van der Waals surface area contributed by atoms with Gasteiger partial charge in [0.1, 0.15) is 0 Å². The van der Waals surface area contributed by atoms with Crippen molar-refractivity contribution >= 4 is 0 Å². The van der Waals surface area contributed by atoms with Gasteiger partial charge < -0.3 is 0 Å². The first-order valence-corrected chi connectivity index (χ1v) is 4.38. The summed E-state index contributed by atoms with van der Waals surface area (Å²) in [6, 6.07) is 2.30. The molecule has 0 amide bonds. The van der Waals surface area contributed by atoms with Crippen molar-refractivity contribution in [2.24, 2.45) is 23.7 Å². The molecule has 0 aromatic heterocycles. The van der Waals surface area contributed by atoms with Crippen LogP contribution in [0.2, 0.25) is 0 Å². The second-order valence-electron chi connectivity index (χ2n) is 3.76. The average molecular weight is 155 g/mol. The van der Waals surface area contributed by atoms with Gasteiger partial charge in [0, 0.05) is 17.4 Å².